The summed E-state index contributed by atoms with van der Waals surface area (Å²) in [4.78, 5) is 0. The Hall–Kier alpha value is -2.43. The average molecular weight is 420 g/mol. The molecule has 0 aliphatic carbocycles. The van der Waals surface area contributed by atoms with Gasteiger partial charge < -0.3 is 14.8 Å². The van der Waals surface area contributed by atoms with Gasteiger partial charge >= 0.3 is 0 Å². The Morgan fingerprint density at radius 2 is 1.82 bits per heavy atom. The van der Waals surface area contributed by atoms with E-state index in [1.165, 1.54) is 12.1 Å². The third kappa shape index (κ3) is 5.09. The quantitative estimate of drug-likeness (QED) is 0.465. The van der Waals surface area contributed by atoms with E-state index in [1.807, 2.05) is 37.3 Å². The van der Waals surface area contributed by atoms with Crippen molar-refractivity contribution in [2.24, 2.45) is 0 Å². The summed E-state index contributed by atoms with van der Waals surface area (Å²) >= 11 is 12.5. The molecule has 0 aliphatic rings. The Kier molecular flexibility index (Phi) is 6.65. The van der Waals surface area contributed by atoms with Crippen LogP contribution in [0.1, 0.15) is 16.7 Å². The number of hydrogen-bond acceptors (Lipinski definition) is 3. The molecule has 3 nitrogen and oxygen atoms in total. The topological polar surface area (TPSA) is 30.5 Å². The number of benzene rings is 3. The van der Waals surface area contributed by atoms with Gasteiger partial charge in [-0.15, -0.1) is 0 Å². The standard InChI is InChI=1S/C22H20Cl2FNO2/c1-14-6-7-17(23)11-20(14)26-12-16-9-19(24)22(21(10-16)27-2)28-13-15-4-3-5-18(25)8-15/h3-11,26H,12-13H2,1-2H3. The summed E-state index contributed by atoms with van der Waals surface area (Å²) in [7, 11) is 1.55. The molecule has 0 aliphatic heterocycles. The summed E-state index contributed by atoms with van der Waals surface area (Å²) in [5, 5.41) is 4.45. The van der Waals surface area contributed by atoms with E-state index < -0.39 is 0 Å². The Bertz CT molecular complexity index is 979. The molecule has 0 atom stereocenters. The second-order valence-corrected chi connectivity index (χ2v) is 7.18. The third-order valence-electron chi connectivity index (χ3n) is 4.24. The molecule has 0 radical (unpaired) electrons. The van der Waals surface area contributed by atoms with E-state index in [0.29, 0.717) is 33.7 Å². The average Bonchev–Trinajstić information content (AvgIpc) is 2.67. The van der Waals surface area contributed by atoms with E-state index in [1.54, 1.807) is 19.2 Å². The van der Waals surface area contributed by atoms with Crippen LogP contribution in [0, 0.1) is 12.7 Å². The first-order chi connectivity index (χ1) is 13.5. The first-order valence-electron chi connectivity index (χ1n) is 8.70. The maximum atomic E-state index is 13.3. The van der Waals surface area contributed by atoms with Crippen molar-refractivity contribution in [3.05, 3.63) is 87.2 Å². The zero-order chi connectivity index (χ0) is 20.1. The van der Waals surface area contributed by atoms with Crippen molar-refractivity contribution in [3.63, 3.8) is 0 Å². The lowest BCUT2D eigenvalue weighted by Gasteiger charge is -2.15. The lowest BCUT2D eigenvalue weighted by Crippen LogP contribution is -2.03. The van der Waals surface area contributed by atoms with Crippen molar-refractivity contribution in [2.45, 2.75) is 20.1 Å². The molecule has 0 spiro atoms. The van der Waals surface area contributed by atoms with Crippen molar-refractivity contribution in [1.29, 1.82) is 0 Å². The molecule has 6 heteroatoms. The minimum absolute atomic E-state index is 0.188. The maximum Gasteiger partial charge on any atom is 0.180 e. The predicted molar refractivity (Wildman–Crippen MR) is 112 cm³/mol. The number of hydrogen-bond donors (Lipinski definition) is 1. The van der Waals surface area contributed by atoms with Gasteiger partial charge in [-0.3, -0.25) is 0 Å². The van der Waals surface area contributed by atoms with Crippen LogP contribution in [0.3, 0.4) is 0 Å². The fourth-order valence-electron chi connectivity index (χ4n) is 2.78. The number of nitrogens with one attached hydrogen (secondary N) is 1. The van der Waals surface area contributed by atoms with Crippen molar-refractivity contribution in [3.8, 4) is 11.5 Å². The van der Waals surface area contributed by atoms with Gasteiger partial charge in [-0.2, -0.15) is 0 Å². The van der Waals surface area contributed by atoms with Crippen molar-refractivity contribution < 1.29 is 13.9 Å². The monoisotopic (exact) mass is 419 g/mol. The zero-order valence-corrected chi connectivity index (χ0v) is 17.1. The largest absolute Gasteiger partial charge is 0.493 e. The highest BCUT2D eigenvalue weighted by Gasteiger charge is 2.13. The van der Waals surface area contributed by atoms with Crippen LogP contribution in [0.15, 0.2) is 54.6 Å². The van der Waals surface area contributed by atoms with Crippen molar-refractivity contribution >= 4 is 28.9 Å². The van der Waals surface area contributed by atoms with Gasteiger partial charge in [0.15, 0.2) is 11.5 Å². The molecule has 3 aromatic rings. The molecule has 0 aromatic heterocycles. The molecule has 3 aromatic carbocycles. The molecule has 0 saturated heterocycles. The molecule has 0 saturated carbocycles. The molecule has 0 unspecified atom stereocenters. The lowest BCUT2D eigenvalue weighted by molar-refractivity contribution is 0.284. The van der Waals surface area contributed by atoms with Crippen LogP contribution in [0.25, 0.3) is 0 Å². The first-order valence-corrected chi connectivity index (χ1v) is 9.45. The van der Waals surface area contributed by atoms with Gasteiger partial charge in [-0.25, -0.2) is 4.39 Å². The van der Waals surface area contributed by atoms with Crippen LogP contribution >= 0.6 is 23.2 Å². The smallest absolute Gasteiger partial charge is 0.180 e. The molecule has 0 amide bonds. The number of ether oxygens (including phenoxy) is 2. The highest BCUT2D eigenvalue weighted by Crippen LogP contribution is 2.37. The Labute approximate surface area is 174 Å². The zero-order valence-electron chi connectivity index (χ0n) is 15.6. The van der Waals surface area contributed by atoms with E-state index >= 15 is 0 Å². The van der Waals surface area contributed by atoms with Crippen LogP contribution in [-0.4, -0.2) is 7.11 Å². The van der Waals surface area contributed by atoms with Gasteiger partial charge in [0.2, 0.25) is 0 Å². The number of methoxy groups -OCH3 is 1. The summed E-state index contributed by atoms with van der Waals surface area (Å²) in [6.07, 6.45) is 0. The van der Waals surface area contributed by atoms with Crippen LogP contribution in [0.5, 0.6) is 11.5 Å². The minimum atomic E-state index is -0.308. The molecule has 1 N–H and O–H groups in total. The lowest BCUT2D eigenvalue weighted by atomic mass is 10.1. The molecule has 146 valence electrons. The second-order valence-electron chi connectivity index (χ2n) is 6.34. The second kappa shape index (κ2) is 9.18. The molecule has 0 heterocycles. The van der Waals surface area contributed by atoms with Crippen LogP contribution in [0.2, 0.25) is 10.0 Å². The van der Waals surface area contributed by atoms with Gasteiger partial charge in [-0.1, -0.05) is 41.4 Å². The van der Waals surface area contributed by atoms with E-state index in [2.05, 4.69) is 5.32 Å². The van der Waals surface area contributed by atoms with Gasteiger partial charge in [0, 0.05) is 17.3 Å². The van der Waals surface area contributed by atoms with Gasteiger partial charge in [0.05, 0.1) is 12.1 Å². The number of aryl methyl sites for hydroxylation is 1. The van der Waals surface area contributed by atoms with E-state index in [4.69, 9.17) is 32.7 Å². The fourth-order valence-corrected chi connectivity index (χ4v) is 3.24. The molecule has 28 heavy (non-hydrogen) atoms. The predicted octanol–water partition coefficient (Wildman–Crippen LogP) is 6.64. The summed E-state index contributed by atoms with van der Waals surface area (Å²) in [5.41, 5.74) is 3.69. The number of anilines is 1. The fraction of sp³-hybridized carbons (Fsp3) is 0.182. The van der Waals surface area contributed by atoms with Crippen molar-refractivity contribution in [1.82, 2.24) is 0 Å². The molecular formula is C22H20Cl2FNO2. The van der Waals surface area contributed by atoms with E-state index in [9.17, 15) is 4.39 Å². The van der Waals surface area contributed by atoms with Gasteiger partial charge in [0.1, 0.15) is 12.4 Å². The van der Waals surface area contributed by atoms with Gasteiger partial charge in [0.25, 0.3) is 0 Å². The van der Waals surface area contributed by atoms with Crippen LogP contribution < -0.4 is 14.8 Å². The Morgan fingerprint density at radius 3 is 2.57 bits per heavy atom. The third-order valence-corrected chi connectivity index (χ3v) is 4.76. The van der Waals surface area contributed by atoms with E-state index in [-0.39, 0.29) is 12.4 Å². The van der Waals surface area contributed by atoms with Crippen LogP contribution in [-0.2, 0) is 13.2 Å². The maximum absolute atomic E-state index is 13.3. The van der Waals surface area contributed by atoms with Gasteiger partial charge in [-0.05, 0) is 60.0 Å². The first kappa shape index (κ1) is 20.3. The minimum Gasteiger partial charge on any atom is -0.493 e. The van der Waals surface area contributed by atoms with Crippen molar-refractivity contribution in [2.75, 3.05) is 12.4 Å². The van der Waals surface area contributed by atoms with Crippen LogP contribution in [0.4, 0.5) is 10.1 Å². The molecule has 3 rings (SSSR count). The highest BCUT2D eigenvalue weighted by molar-refractivity contribution is 6.32. The Balaban J connectivity index is 1.74. The molecule has 0 fully saturated rings. The Morgan fingerprint density at radius 1 is 1.00 bits per heavy atom. The summed E-state index contributed by atoms with van der Waals surface area (Å²) in [5.74, 6) is 0.636. The normalized spacial score (nSPS) is 10.6. The summed E-state index contributed by atoms with van der Waals surface area (Å²) in [6, 6.07) is 15.6. The highest BCUT2D eigenvalue weighted by atomic mass is 35.5. The molecular weight excluding hydrogens is 400 g/mol. The number of halogens is 3. The van der Waals surface area contributed by atoms with E-state index in [0.717, 1.165) is 16.8 Å². The number of rotatable bonds is 7. The summed E-state index contributed by atoms with van der Waals surface area (Å²) < 4.78 is 24.6. The molecule has 0 bridgehead atoms. The summed E-state index contributed by atoms with van der Waals surface area (Å²) in [6.45, 7) is 2.74. The SMILES string of the molecule is COc1cc(CNc2cc(Cl)ccc2C)cc(Cl)c1OCc1cccc(F)c1.